The lowest BCUT2D eigenvalue weighted by Gasteiger charge is -2.24. The second kappa shape index (κ2) is 10.5. The van der Waals surface area contributed by atoms with Gasteiger partial charge >= 0.3 is 5.97 Å². The number of hydrogen-bond acceptors (Lipinski definition) is 5. The summed E-state index contributed by atoms with van der Waals surface area (Å²) in [4.78, 5) is 14.9. The number of carbonyl (C=O) groups excluding carboxylic acids is 1. The summed E-state index contributed by atoms with van der Waals surface area (Å²) >= 11 is 6.12. The molecule has 0 fully saturated rings. The fourth-order valence-electron chi connectivity index (χ4n) is 3.54. The highest BCUT2D eigenvalue weighted by Gasteiger charge is 2.21. The van der Waals surface area contributed by atoms with E-state index < -0.39 is 5.97 Å². The second-order valence-corrected chi connectivity index (χ2v) is 7.37. The van der Waals surface area contributed by atoms with Crippen molar-refractivity contribution in [3.63, 3.8) is 0 Å². The van der Waals surface area contributed by atoms with Crippen LogP contribution in [0.2, 0.25) is 5.02 Å². The molecule has 3 rings (SSSR count). The molecule has 160 valence electrons. The summed E-state index contributed by atoms with van der Waals surface area (Å²) in [6.45, 7) is 3.98. The maximum absolute atomic E-state index is 11.6. The van der Waals surface area contributed by atoms with Crippen LogP contribution >= 0.6 is 11.6 Å². The monoisotopic (exact) mass is 430 g/mol. The van der Waals surface area contributed by atoms with Gasteiger partial charge in [0.15, 0.2) is 6.61 Å². The molecule has 0 unspecified atom stereocenters. The van der Waals surface area contributed by atoms with E-state index in [2.05, 4.69) is 17.2 Å². The van der Waals surface area contributed by atoms with Crippen molar-refractivity contribution in [3.8, 4) is 5.75 Å². The minimum absolute atomic E-state index is 0.00446. The van der Waals surface area contributed by atoms with Crippen LogP contribution in [0, 0.1) is 0 Å². The predicted octanol–water partition coefficient (Wildman–Crippen LogP) is 4.54. The van der Waals surface area contributed by atoms with Crippen molar-refractivity contribution >= 4 is 28.5 Å². The van der Waals surface area contributed by atoms with Crippen molar-refractivity contribution in [1.29, 1.82) is 0 Å². The Kier molecular flexibility index (Phi) is 7.74. The molecule has 0 amide bonds. The quantitative estimate of drug-likeness (QED) is 0.411. The number of benzene rings is 2. The van der Waals surface area contributed by atoms with Crippen LogP contribution in [-0.4, -0.2) is 35.9 Å². The number of fused-ring (bicyclic) bond motifs is 1. The number of aromatic nitrogens is 1. The third kappa shape index (κ3) is 5.14. The standard InChI is InChI=1S/C23H27ClN2O4/c1-3-19(26-20(13-27)15-7-5-8-16(24)11-15)18-12-25-23-17(18)9-6-10-21(23)30-14-22(28)29-4-2/h5-12,19-20,25-27H,3-4,13-14H2,1-2H3/t19-,20+/m1/s1. The number of aromatic amines is 1. The van der Waals surface area contributed by atoms with Crippen molar-refractivity contribution in [1.82, 2.24) is 10.3 Å². The van der Waals surface area contributed by atoms with E-state index in [-0.39, 0.29) is 25.3 Å². The van der Waals surface area contributed by atoms with Gasteiger partial charge in [-0.3, -0.25) is 0 Å². The summed E-state index contributed by atoms with van der Waals surface area (Å²) in [5.74, 6) is 0.192. The van der Waals surface area contributed by atoms with Crippen molar-refractivity contribution in [3.05, 3.63) is 64.8 Å². The molecule has 0 saturated heterocycles. The number of hydrogen-bond donors (Lipinski definition) is 3. The zero-order valence-corrected chi connectivity index (χ0v) is 17.9. The summed E-state index contributed by atoms with van der Waals surface area (Å²) in [6.07, 6.45) is 2.76. The maximum atomic E-state index is 11.6. The molecular formula is C23H27ClN2O4. The van der Waals surface area contributed by atoms with Crippen molar-refractivity contribution in [2.45, 2.75) is 32.4 Å². The molecule has 1 aromatic heterocycles. The van der Waals surface area contributed by atoms with Crippen molar-refractivity contribution in [2.24, 2.45) is 0 Å². The van der Waals surface area contributed by atoms with E-state index in [0.717, 1.165) is 28.5 Å². The third-order valence-corrected chi connectivity index (χ3v) is 5.21. The summed E-state index contributed by atoms with van der Waals surface area (Å²) in [7, 11) is 0. The van der Waals surface area contributed by atoms with Gasteiger partial charge in [-0.2, -0.15) is 0 Å². The lowest BCUT2D eigenvalue weighted by Crippen LogP contribution is -2.28. The molecule has 2 aromatic carbocycles. The van der Waals surface area contributed by atoms with E-state index in [1.165, 1.54) is 0 Å². The van der Waals surface area contributed by atoms with Gasteiger partial charge in [-0.15, -0.1) is 0 Å². The number of nitrogens with one attached hydrogen (secondary N) is 2. The first-order chi connectivity index (χ1) is 14.6. The molecule has 0 bridgehead atoms. The lowest BCUT2D eigenvalue weighted by atomic mass is 10.00. The van der Waals surface area contributed by atoms with E-state index in [4.69, 9.17) is 21.1 Å². The fraction of sp³-hybridized carbons (Fsp3) is 0.348. The van der Waals surface area contributed by atoms with E-state index in [1.54, 1.807) is 6.92 Å². The molecule has 0 aliphatic rings. The molecule has 1 heterocycles. The number of para-hydroxylation sites is 1. The topological polar surface area (TPSA) is 83.6 Å². The number of ether oxygens (including phenoxy) is 2. The summed E-state index contributed by atoms with van der Waals surface area (Å²) in [6, 6.07) is 13.0. The number of rotatable bonds is 10. The van der Waals surface area contributed by atoms with Crippen LogP contribution in [0.1, 0.15) is 43.5 Å². The first-order valence-corrected chi connectivity index (χ1v) is 10.5. The van der Waals surface area contributed by atoms with Gasteiger partial charge in [0.05, 0.1) is 24.8 Å². The number of esters is 1. The average molecular weight is 431 g/mol. The van der Waals surface area contributed by atoms with Crippen LogP contribution in [-0.2, 0) is 9.53 Å². The normalized spacial score (nSPS) is 13.2. The van der Waals surface area contributed by atoms with Gasteiger partial charge in [-0.25, -0.2) is 4.79 Å². The SMILES string of the molecule is CCOC(=O)COc1cccc2c([C@@H](CC)N[C@@H](CO)c3cccc(Cl)c3)c[nH]c12. The Morgan fingerprint density at radius 3 is 2.70 bits per heavy atom. The summed E-state index contributed by atoms with van der Waals surface area (Å²) in [5, 5.41) is 15.1. The summed E-state index contributed by atoms with van der Waals surface area (Å²) < 4.78 is 10.6. The van der Waals surface area contributed by atoms with Gasteiger partial charge in [0.1, 0.15) is 5.75 Å². The Morgan fingerprint density at radius 2 is 2.00 bits per heavy atom. The third-order valence-electron chi connectivity index (χ3n) is 4.98. The molecule has 0 aliphatic carbocycles. The second-order valence-electron chi connectivity index (χ2n) is 6.93. The molecule has 3 N–H and O–H groups in total. The smallest absolute Gasteiger partial charge is 0.344 e. The van der Waals surface area contributed by atoms with Gasteiger partial charge in [0.2, 0.25) is 0 Å². The molecule has 0 aliphatic heterocycles. The van der Waals surface area contributed by atoms with E-state index in [0.29, 0.717) is 17.4 Å². The zero-order valence-electron chi connectivity index (χ0n) is 17.2. The Balaban J connectivity index is 1.83. The number of aliphatic hydroxyl groups excluding tert-OH is 1. The predicted molar refractivity (Wildman–Crippen MR) is 118 cm³/mol. The molecule has 0 radical (unpaired) electrons. The van der Waals surface area contributed by atoms with Gasteiger partial charge in [0.25, 0.3) is 0 Å². The molecule has 3 aromatic rings. The van der Waals surface area contributed by atoms with Crippen LogP contribution < -0.4 is 10.1 Å². The minimum Gasteiger partial charge on any atom is -0.480 e. The first-order valence-electron chi connectivity index (χ1n) is 10.1. The van der Waals surface area contributed by atoms with Crippen LogP contribution in [0.3, 0.4) is 0 Å². The lowest BCUT2D eigenvalue weighted by molar-refractivity contribution is -0.145. The molecule has 0 spiro atoms. The molecule has 6 nitrogen and oxygen atoms in total. The van der Waals surface area contributed by atoms with Gasteiger partial charge in [-0.05, 0) is 42.7 Å². The summed E-state index contributed by atoms with van der Waals surface area (Å²) in [5.41, 5.74) is 2.82. The van der Waals surface area contributed by atoms with E-state index >= 15 is 0 Å². The van der Waals surface area contributed by atoms with Crippen molar-refractivity contribution in [2.75, 3.05) is 19.8 Å². The largest absolute Gasteiger partial charge is 0.480 e. The minimum atomic E-state index is -0.401. The zero-order chi connectivity index (χ0) is 21.5. The molecular weight excluding hydrogens is 404 g/mol. The van der Waals surface area contributed by atoms with E-state index in [1.807, 2.05) is 48.7 Å². The molecule has 7 heteroatoms. The fourth-order valence-corrected chi connectivity index (χ4v) is 3.74. The van der Waals surface area contributed by atoms with E-state index in [9.17, 15) is 9.90 Å². The first kappa shape index (κ1) is 22.2. The van der Waals surface area contributed by atoms with Crippen LogP contribution in [0.15, 0.2) is 48.7 Å². The highest BCUT2D eigenvalue weighted by molar-refractivity contribution is 6.30. The number of aliphatic hydroxyl groups is 1. The molecule has 0 saturated carbocycles. The Hall–Kier alpha value is -2.54. The Morgan fingerprint density at radius 1 is 1.20 bits per heavy atom. The van der Waals surface area contributed by atoms with Crippen LogP contribution in [0.4, 0.5) is 0 Å². The van der Waals surface area contributed by atoms with Gasteiger partial charge in [0, 0.05) is 22.6 Å². The van der Waals surface area contributed by atoms with Gasteiger partial charge < -0.3 is 24.9 Å². The Labute approximate surface area is 181 Å². The maximum Gasteiger partial charge on any atom is 0.344 e. The van der Waals surface area contributed by atoms with Crippen LogP contribution in [0.25, 0.3) is 10.9 Å². The average Bonchev–Trinajstić information content (AvgIpc) is 3.18. The number of carbonyl (C=O) groups is 1. The van der Waals surface area contributed by atoms with Gasteiger partial charge in [-0.1, -0.05) is 42.8 Å². The highest BCUT2D eigenvalue weighted by atomic mass is 35.5. The van der Waals surface area contributed by atoms with Crippen LogP contribution in [0.5, 0.6) is 5.75 Å². The Bertz CT molecular complexity index is 988. The molecule has 2 atom stereocenters. The highest BCUT2D eigenvalue weighted by Crippen LogP contribution is 2.33. The van der Waals surface area contributed by atoms with Crippen molar-refractivity contribution < 1.29 is 19.4 Å². The number of H-pyrrole nitrogens is 1. The molecule has 30 heavy (non-hydrogen) atoms. The number of halogens is 1.